The molecule has 11 heteroatoms. The van der Waals surface area contributed by atoms with Crippen molar-refractivity contribution in [1.29, 1.82) is 0 Å². The summed E-state index contributed by atoms with van der Waals surface area (Å²) in [6.07, 6.45) is -2.65. The van der Waals surface area contributed by atoms with Crippen molar-refractivity contribution in [3.05, 3.63) is 48.0 Å². The van der Waals surface area contributed by atoms with Crippen LogP contribution in [0.3, 0.4) is 0 Å². The molecule has 5 nitrogen and oxygen atoms in total. The SMILES string of the molecule is Cl.Cl.O=S1c2ccccc2N(CCCN2CCCN(CCO)CC2)c2cc(C(F)(F)F)ccc21. The van der Waals surface area contributed by atoms with E-state index in [1.165, 1.54) is 6.07 Å². The van der Waals surface area contributed by atoms with Crippen LogP contribution in [0.1, 0.15) is 18.4 Å². The summed E-state index contributed by atoms with van der Waals surface area (Å²) < 4.78 is 53.2. The molecule has 0 radical (unpaired) electrons. The van der Waals surface area contributed by atoms with Crippen LogP contribution < -0.4 is 4.90 Å². The van der Waals surface area contributed by atoms with Gasteiger partial charge in [-0.1, -0.05) is 12.1 Å². The van der Waals surface area contributed by atoms with Crippen molar-refractivity contribution in [3.8, 4) is 0 Å². The smallest absolute Gasteiger partial charge is 0.395 e. The number of rotatable bonds is 6. The molecule has 0 aliphatic carbocycles. The van der Waals surface area contributed by atoms with Crippen molar-refractivity contribution in [2.75, 3.05) is 57.3 Å². The highest BCUT2D eigenvalue weighted by molar-refractivity contribution is 7.85. The Hall–Kier alpha value is -1.36. The maximum atomic E-state index is 13.4. The molecule has 1 saturated heterocycles. The second kappa shape index (κ2) is 12.6. The fourth-order valence-electron chi connectivity index (χ4n) is 4.45. The van der Waals surface area contributed by atoms with E-state index >= 15 is 0 Å². The number of β-amino-alcohol motifs (C(OH)–C–C–N with tert-alkyl or cyclic N) is 1. The molecular formula is C23H30Cl2F3N3O2S. The van der Waals surface area contributed by atoms with Crippen molar-refractivity contribution in [1.82, 2.24) is 9.80 Å². The Bertz CT molecular complexity index is 981. The number of hydrogen-bond donors (Lipinski definition) is 1. The molecular weight excluding hydrogens is 510 g/mol. The highest BCUT2D eigenvalue weighted by Gasteiger charge is 2.34. The third kappa shape index (κ3) is 6.44. The van der Waals surface area contributed by atoms with E-state index < -0.39 is 22.5 Å². The molecule has 1 N–H and O–H groups in total. The van der Waals surface area contributed by atoms with Crippen LogP contribution in [-0.2, 0) is 17.0 Å². The summed E-state index contributed by atoms with van der Waals surface area (Å²) in [5.74, 6) is 0. The quantitative estimate of drug-likeness (QED) is 0.583. The van der Waals surface area contributed by atoms with Gasteiger partial charge in [0.15, 0.2) is 0 Å². The molecule has 0 saturated carbocycles. The van der Waals surface area contributed by atoms with Gasteiger partial charge < -0.3 is 14.9 Å². The number of aliphatic hydroxyl groups is 1. The van der Waals surface area contributed by atoms with Crippen molar-refractivity contribution in [2.24, 2.45) is 0 Å². The van der Waals surface area contributed by atoms with Gasteiger partial charge in [-0.2, -0.15) is 13.2 Å². The monoisotopic (exact) mass is 539 g/mol. The maximum absolute atomic E-state index is 13.4. The van der Waals surface area contributed by atoms with Crippen LogP contribution >= 0.6 is 24.8 Å². The second-order valence-electron chi connectivity index (χ2n) is 8.18. The molecule has 0 aromatic heterocycles. The number of para-hydroxylation sites is 1. The highest BCUT2D eigenvalue weighted by atomic mass is 35.5. The number of anilines is 2. The number of aliphatic hydroxyl groups excluding tert-OH is 1. The first-order valence-corrected chi connectivity index (χ1v) is 12.1. The normalized spacial score (nSPS) is 18.8. The Morgan fingerprint density at radius 2 is 1.50 bits per heavy atom. The largest absolute Gasteiger partial charge is 0.416 e. The van der Waals surface area contributed by atoms with Crippen LogP contribution in [0.25, 0.3) is 0 Å². The first-order chi connectivity index (χ1) is 15.4. The van der Waals surface area contributed by atoms with E-state index in [4.69, 9.17) is 5.11 Å². The lowest BCUT2D eigenvalue weighted by Gasteiger charge is -2.33. The number of alkyl halides is 3. The zero-order valence-electron chi connectivity index (χ0n) is 18.7. The molecule has 2 aliphatic rings. The Balaban J connectivity index is 0.00000204. The lowest BCUT2D eigenvalue weighted by Crippen LogP contribution is -2.34. The van der Waals surface area contributed by atoms with E-state index in [9.17, 15) is 17.4 Å². The van der Waals surface area contributed by atoms with Gasteiger partial charge in [-0.05, 0) is 62.8 Å². The molecule has 190 valence electrons. The molecule has 1 unspecified atom stereocenters. The third-order valence-electron chi connectivity index (χ3n) is 6.09. The molecule has 4 rings (SSSR count). The molecule has 2 aliphatic heterocycles. The van der Waals surface area contributed by atoms with Crippen LogP contribution in [0.15, 0.2) is 52.3 Å². The number of benzene rings is 2. The van der Waals surface area contributed by atoms with Gasteiger partial charge in [0.05, 0.1) is 44.1 Å². The minimum Gasteiger partial charge on any atom is -0.395 e. The zero-order valence-corrected chi connectivity index (χ0v) is 21.1. The third-order valence-corrected chi connectivity index (χ3v) is 7.58. The molecule has 2 aromatic carbocycles. The van der Waals surface area contributed by atoms with Crippen LogP contribution in [0.2, 0.25) is 0 Å². The van der Waals surface area contributed by atoms with Crippen molar-refractivity contribution in [3.63, 3.8) is 0 Å². The molecule has 0 amide bonds. The number of nitrogens with zero attached hydrogens (tertiary/aromatic N) is 3. The highest BCUT2D eigenvalue weighted by Crippen LogP contribution is 2.44. The predicted octanol–water partition coefficient (Wildman–Crippen LogP) is 4.56. The van der Waals surface area contributed by atoms with Gasteiger partial charge in [-0.15, -0.1) is 24.8 Å². The minimum absolute atomic E-state index is 0. The number of fused-ring (bicyclic) bond motifs is 2. The minimum atomic E-state index is -4.45. The van der Waals surface area contributed by atoms with Crippen molar-refractivity contribution in [2.45, 2.75) is 28.8 Å². The van der Waals surface area contributed by atoms with Crippen LogP contribution in [0.4, 0.5) is 24.5 Å². The Labute approximate surface area is 213 Å². The van der Waals surface area contributed by atoms with Gasteiger partial charge >= 0.3 is 6.18 Å². The van der Waals surface area contributed by atoms with Gasteiger partial charge in [0.1, 0.15) is 0 Å². The average molecular weight is 540 g/mol. The van der Waals surface area contributed by atoms with E-state index in [1.54, 1.807) is 12.1 Å². The van der Waals surface area contributed by atoms with Gasteiger partial charge in [0.25, 0.3) is 0 Å². The van der Waals surface area contributed by atoms with E-state index in [1.807, 2.05) is 17.0 Å². The predicted molar refractivity (Wildman–Crippen MR) is 133 cm³/mol. The first kappa shape index (κ1) is 28.9. The van der Waals surface area contributed by atoms with Crippen LogP contribution in [0, 0.1) is 0 Å². The summed E-state index contributed by atoms with van der Waals surface area (Å²) in [6.45, 7) is 5.98. The maximum Gasteiger partial charge on any atom is 0.416 e. The fourth-order valence-corrected chi connectivity index (χ4v) is 5.81. The summed E-state index contributed by atoms with van der Waals surface area (Å²) in [6, 6.07) is 10.7. The van der Waals surface area contributed by atoms with E-state index in [0.29, 0.717) is 34.3 Å². The zero-order chi connectivity index (χ0) is 22.7. The van der Waals surface area contributed by atoms with Gasteiger partial charge in [-0.3, -0.25) is 4.90 Å². The Kier molecular flexibility index (Phi) is 10.7. The summed E-state index contributed by atoms with van der Waals surface area (Å²) in [5, 5.41) is 9.16. The Morgan fingerprint density at radius 1 is 0.853 bits per heavy atom. The first-order valence-electron chi connectivity index (χ1n) is 10.9. The lowest BCUT2D eigenvalue weighted by molar-refractivity contribution is -0.137. The fraction of sp³-hybridized carbons (Fsp3) is 0.478. The molecule has 34 heavy (non-hydrogen) atoms. The molecule has 1 atom stereocenters. The molecule has 1 fully saturated rings. The molecule has 2 heterocycles. The molecule has 0 spiro atoms. The topological polar surface area (TPSA) is 47.0 Å². The van der Waals surface area contributed by atoms with Crippen molar-refractivity contribution < 1.29 is 22.5 Å². The standard InChI is InChI=1S/C23H28F3N3O2S.2ClH/c24-23(25,26)18-7-8-22-20(17-18)29(19-5-1-2-6-21(19)32(22)31)12-4-11-27-9-3-10-28(14-13-27)15-16-30;;/h1-2,5-8,17,30H,3-4,9-16H2;2*1H. The second-order valence-corrected chi connectivity index (χ2v) is 9.60. The summed E-state index contributed by atoms with van der Waals surface area (Å²) in [5.41, 5.74) is 0.360. The lowest BCUT2D eigenvalue weighted by atomic mass is 10.1. The number of hydrogen-bond acceptors (Lipinski definition) is 5. The summed E-state index contributed by atoms with van der Waals surface area (Å²) in [4.78, 5) is 7.57. The van der Waals surface area contributed by atoms with Gasteiger partial charge in [0.2, 0.25) is 0 Å². The van der Waals surface area contributed by atoms with Crippen LogP contribution in [-0.4, -0.2) is 71.5 Å². The van der Waals surface area contributed by atoms with Gasteiger partial charge in [-0.25, -0.2) is 4.21 Å². The van der Waals surface area contributed by atoms with Crippen LogP contribution in [0.5, 0.6) is 0 Å². The van der Waals surface area contributed by atoms with E-state index in [2.05, 4.69) is 9.80 Å². The average Bonchev–Trinajstić information content (AvgIpc) is 3.00. The van der Waals surface area contributed by atoms with E-state index in [0.717, 1.165) is 57.7 Å². The summed E-state index contributed by atoms with van der Waals surface area (Å²) >= 11 is 0. The molecule has 0 bridgehead atoms. The number of halogens is 5. The van der Waals surface area contributed by atoms with Crippen molar-refractivity contribution >= 4 is 47.0 Å². The van der Waals surface area contributed by atoms with E-state index in [-0.39, 0.29) is 31.4 Å². The molecule has 2 aromatic rings. The summed E-state index contributed by atoms with van der Waals surface area (Å²) in [7, 11) is -1.51. The van der Waals surface area contributed by atoms with Gasteiger partial charge in [0, 0.05) is 26.2 Å². The Morgan fingerprint density at radius 3 is 2.18 bits per heavy atom.